The minimum Gasteiger partial charge on any atom is -0.490 e. The second-order valence-electron chi connectivity index (χ2n) is 4.90. The minimum atomic E-state index is -0.107. The average molecular weight is 263 g/mol. The number of rotatable bonds is 6. The maximum atomic E-state index is 11.3. The number of carbonyl (C=O) groups excluding carboxylic acids is 1. The van der Waals surface area contributed by atoms with Crippen molar-refractivity contribution >= 4 is 5.91 Å². The van der Waals surface area contributed by atoms with Crippen LogP contribution in [0.1, 0.15) is 37.7 Å². The third kappa shape index (κ3) is 4.56. The lowest BCUT2D eigenvalue weighted by Gasteiger charge is -2.13. The van der Waals surface area contributed by atoms with Crippen molar-refractivity contribution in [1.82, 2.24) is 5.48 Å². The number of benzene rings is 1. The van der Waals surface area contributed by atoms with Crippen LogP contribution in [-0.4, -0.2) is 19.1 Å². The van der Waals surface area contributed by atoms with E-state index in [0.717, 1.165) is 24.2 Å². The summed E-state index contributed by atoms with van der Waals surface area (Å²) in [5.74, 6) is 0.807. The molecule has 104 valence electrons. The highest BCUT2D eigenvalue weighted by Crippen LogP contribution is 2.24. The first-order valence-electron chi connectivity index (χ1n) is 6.85. The lowest BCUT2D eigenvalue weighted by molar-refractivity contribution is -0.131. The van der Waals surface area contributed by atoms with Gasteiger partial charge in [-0.1, -0.05) is 12.1 Å². The highest BCUT2D eigenvalue weighted by Gasteiger charge is 2.16. The summed E-state index contributed by atoms with van der Waals surface area (Å²) in [5.41, 5.74) is 3.43. The molecular weight excluding hydrogens is 242 g/mol. The Morgan fingerprint density at radius 2 is 2.16 bits per heavy atom. The number of aryl methyl sites for hydroxylation is 1. The Kier molecular flexibility index (Phi) is 5.21. The SMILES string of the molecule is CONC(=O)CCc1cccc(OC2CCCC2)c1. The van der Waals surface area contributed by atoms with Crippen LogP contribution in [0.4, 0.5) is 0 Å². The first kappa shape index (κ1) is 13.9. The summed E-state index contributed by atoms with van der Waals surface area (Å²) >= 11 is 0. The van der Waals surface area contributed by atoms with E-state index in [9.17, 15) is 4.79 Å². The van der Waals surface area contributed by atoms with E-state index in [4.69, 9.17) is 4.74 Å². The average Bonchev–Trinajstić information content (AvgIpc) is 2.90. The van der Waals surface area contributed by atoms with Gasteiger partial charge in [-0.15, -0.1) is 0 Å². The second kappa shape index (κ2) is 7.14. The molecule has 4 heteroatoms. The van der Waals surface area contributed by atoms with Crippen molar-refractivity contribution in [3.8, 4) is 5.75 Å². The second-order valence-corrected chi connectivity index (χ2v) is 4.90. The standard InChI is InChI=1S/C15H21NO3/c1-18-16-15(17)10-9-12-5-4-8-14(11-12)19-13-6-2-3-7-13/h4-5,8,11,13H,2-3,6-7,9-10H2,1H3,(H,16,17). The lowest BCUT2D eigenvalue weighted by Crippen LogP contribution is -2.21. The Morgan fingerprint density at radius 1 is 1.37 bits per heavy atom. The zero-order chi connectivity index (χ0) is 13.5. The van der Waals surface area contributed by atoms with Gasteiger partial charge in [-0.2, -0.15) is 0 Å². The molecule has 1 aromatic rings. The van der Waals surface area contributed by atoms with Gasteiger partial charge in [0.05, 0.1) is 13.2 Å². The molecule has 19 heavy (non-hydrogen) atoms. The maximum Gasteiger partial charge on any atom is 0.243 e. The molecule has 0 unspecified atom stereocenters. The molecule has 0 radical (unpaired) electrons. The summed E-state index contributed by atoms with van der Waals surface area (Å²) in [7, 11) is 1.44. The quantitative estimate of drug-likeness (QED) is 0.803. The van der Waals surface area contributed by atoms with Crippen molar-refractivity contribution in [1.29, 1.82) is 0 Å². The first-order valence-corrected chi connectivity index (χ1v) is 6.85. The molecule has 0 aromatic heterocycles. The van der Waals surface area contributed by atoms with Gasteiger partial charge in [0.15, 0.2) is 0 Å². The molecule has 0 heterocycles. The zero-order valence-electron chi connectivity index (χ0n) is 11.4. The van der Waals surface area contributed by atoms with Gasteiger partial charge in [0.25, 0.3) is 0 Å². The third-order valence-corrected chi connectivity index (χ3v) is 3.36. The van der Waals surface area contributed by atoms with E-state index in [1.54, 1.807) is 0 Å². The topological polar surface area (TPSA) is 47.6 Å². The largest absolute Gasteiger partial charge is 0.490 e. The Balaban J connectivity index is 1.85. The predicted octanol–water partition coefficient (Wildman–Crippen LogP) is 2.62. The number of carbonyl (C=O) groups is 1. The van der Waals surface area contributed by atoms with E-state index in [1.807, 2.05) is 24.3 Å². The summed E-state index contributed by atoms with van der Waals surface area (Å²) in [4.78, 5) is 15.9. The fraction of sp³-hybridized carbons (Fsp3) is 0.533. The Morgan fingerprint density at radius 3 is 2.89 bits per heavy atom. The smallest absolute Gasteiger partial charge is 0.243 e. The van der Waals surface area contributed by atoms with E-state index in [0.29, 0.717) is 18.9 Å². The van der Waals surface area contributed by atoms with Crippen LogP contribution in [0.3, 0.4) is 0 Å². The lowest BCUT2D eigenvalue weighted by atomic mass is 10.1. The van der Waals surface area contributed by atoms with Crippen LogP contribution in [0.5, 0.6) is 5.75 Å². The third-order valence-electron chi connectivity index (χ3n) is 3.36. The van der Waals surface area contributed by atoms with E-state index in [2.05, 4.69) is 10.3 Å². The molecule has 1 aliphatic rings. The molecule has 0 spiro atoms. The summed E-state index contributed by atoms with van der Waals surface area (Å²) in [6.07, 6.45) is 6.31. The van der Waals surface area contributed by atoms with Gasteiger partial charge in [0.2, 0.25) is 5.91 Å². The molecule has 0 atom stereocenters. The molecule has 1 aliphatic carbocycles. The normalized spacial score (nSPS) is 15.4. The molecule has 0 bridgehead atoms. The van der Waals surface area contributed by atoms with Crippen LogP contribution < -0.4 is 10.2 Å². The molecule has 2 rings (SSSR count). The summed E-state index contributed by atoms with van der Waals surface area (Å²) < 4.78 is 5.95. The van der Waals surface area contributed by atoms with Crippen LogP contribution >= 0.6 is 0 Å². The van der Waals surface area contributed by atoms with Crippen molar-refractivity contribution in [2.45, 2.75) is 44.6 Å². The van der Waals surface area contributed by atoms with Crippen LogP contribution in [0.25, 0.3) is 0 Å². The molecular formula is C15H21NO3. The van der Waals surface area contributed by atoms with Crippen LogP contribution in [0.15, 0.2) is 24.3 Å². The van der Waals surface area contributed by atoms with E-state index in [1.165, 1.54) is 20.0 Å². The molecule has 1 amide bonds. The number of hydrogen-bond acceptors (Lipinski definition) is 3. The van der Waals surface area contributed by atoms with E-state index < -0.39 is 0 Å². The molecule has 0 saturated heterocycles. The van der Waals surface area contributed by atoms with Crippen molar-refractivity contribution in [2.24, 2.45) is 0 Å². The molecule has 1 aromatic carbocycles. The molecule has 1 saturated carbocycles. The Bertz CT molecular complexity index is 414. The molecule has 1 N–H and O–H groups in total. The number of hydrogen-bond donors (Lipinski definition) is 1. The Labute approximate surface area is 114 Å². The molecule has 0 aliphatic heterocycles. The van der Waals surface area contributed by atoms with Crippen LogP contribution in [0.2, 0.25) is 0 Å². The zero-order valence-corrected chi connectivity index (χ0v) is 11.4. The van der Waals surface area contributed by atoms with Gasteiger partial charge in [-0.05, 0) is 49.8 Å². The van der Waals surface area contributed by atoms with Crippen molar-refractivity contribution in [3.05, 3.63) is 29.8 Å². The van der Waals surface area contributed by atoms with Gasteiger partial charge in [0, 0.05) is 6.42 Å². The fourth-order valence-electron chi connectivity index (χ4n) is 2.40. The van der Waals surface area contributed by atoms with Gasteiger partial charge in [-0.3, -0.25) is 9.63 Å². The van der Waals surface area contributed by atoms with E-state index >= 15 is 0 Å². The van der Waals surface area contributed by atoms with Gasteiger partial charge in [-0.25, -0.2) is 5.48 Å². The summed E-state index contributed by atoms with van der Waals surface area (Å²) in [5, 5.41) is 0. The van der Waals surface area contributed by atoms with Crippen molar-refractivity contribution in [3.63, 3.8) is 0 Å². The summed E-state index contributed by atoms with van der Waals surface area (Å²) in [6.45, 7) is 0. The van der Waals surface area contributed by atoms with Crippen molar-refractivity contribution < 1.29 is 14.4 Å². The van der Waals surface area contributed by atoms with Gasteiger partial charge >= 0.3 is 0 Å². The Hall–Kier alpha value is -1.55. The van der Waals surface area contributed by atoms with Crippen LogP contribution in [-0.2, 0) is 16.1 Å². The number of hydroxylamine groups is 1. The minimum absolute atomic E-state index is 0.107. The first-order chi connectivity index (χ1) is 9.28. The highest BCUT2D eigenvalue weighted by molar-refractivity contribution is 5.75. The molecule has 1 fully saturated rings. The number of nitrogens with one attached hydrogen (secondary N) is 1. The predicted molar refractivity (Wildman–Crippen MR) is 72.8 cm³/mol. The van der Waals surface area contributed by atoms with Gasteiger partial charge in [0.1, 0.15) is 5.75 Å². The maximum absolute atomic E-state index is 11.3. The van der Waals surface area contributed by atoms with Crippen molar-refractivity contribution in [2.75, 3.05) is 7.11 Å². The van der Waals surface area contributed by atoms with Gasteiger partial charge < -0.3 is 4.74 Å². The monoisotopic (exact) mass is 263 g/mol. The van der Waals surface area contributed by atoms with E-state index in [-0.39, 0.29) is 5.91 Å². The number of amides is 1. The molecule has 4 nitrogen and oxygen atoms in total. The number of ether oxygens (including phenoxy) is 1. The fourth-order valence-corrected chi connectivity index (χ4v) is 2.40. The summed E-state index contributed by atoms with van der Waals surface area (Å²) in [6, 6.07) is 8.00. The van der Waals surface area contributed by atoms with Crippen LogP contribution in [0, 0.1) is 0 Å². The highest BCUT2D eigenvalue weighted by atomic mass is 16.6.